The topological polar surface area (TPSA) is 168 Å². The van der Waals surface area contributed by atoms with Gasteiger partial charge >= 0.3 is 0 Å². The van der Waals surface area contributed by atoms with Gasteiger partial charge < -0.3 is 36.0 Å². The molecule has 5 amide bonds. The Morgan fingerprint density at radius 2 is 1.67 bits per heavy atom. The van der Waals surface area contributed by atoms with Crippen molar-refractivity contribution in [2.24, 2.45) is 11.8 Å². The second-order valence-electron chi connectivity index (χ2n) is 12.1. The molecule has 2 aliphatic heterocycles. The minimum atomic E-state index is -1.01. The zero-order valence-corrected chi connectivity index (χ0v) is 25.0. The number of aliphatic hydroxyl groups excluding tert-OH is 2. The lowest BCUT2D eigenvalue weighted by Gasteiger charge is -2.33. The highest BCUT2D eigenvalue weighted by molar-refractivity contribution is 5.95. The molecule has 3 aliphatic rings. The largest absolute Gasteiger partial charge is 0.393 e. The smallest absolute Gasteiger partial charge is 0.246 e. The Hall–Kier alpha value is -3.51. The molecule has 1 aromatic carbocycles. The summed E-state index contributed by atoms with van der Waals surface area (Å²) in [7, 11) is 0. The van der Waals surface area contributed by atoms with E-state index in [1.54, 1.807) is 0 Å². The first-order valence-corrected chi connectivity index (χ1v) is 15.4. The van der Waals surface area contributed by atoms with Crippen LogP contribution in [-0.4, -0.2) is 106 Å². The maximum Gasteiger partial charge on any atom is 0.246 e. The van der Waals surface area contributed by atoms with Crippen LogP contribution in [-0.2, 0) is 30.4 Å². The van der Waals surface area contributed by atoms with Crippen LogP contribution < -0.4 is 16.0 Å². The summed E-state index contributed by atoms with van der Waals surface area (Å²) in [5, 5.41) is 28.8. The van der Waals surface area contributed by atoms with Crippen LogP contribution in [0.5, 0.6) is 0 Å². The van der Waals surface area contributed by atoms with Gasteiger partial charge in [0.25, 0.3) is 0 Å². The first-order chi connectivity index (χ1) is 20.6. The van der Waals surface area contributed by atoms with E-state index in [1.807, 2.05) is 44.2 Å². The van der Waals surface area contributed by atoms with Crippen LogP contribution in [0.3, 0.4) is 0 Å². The van der Waals surface area contributed by atoms with Crippen molar-refractivity contribution in [3.05, 3.63) is 35.9 Å². The molecule has 3 fully saturated rings. The van der Waals surface area contributed by atoms with Crippen molar-refractivity contribution in [1.29, 1.82) is 0 Å². The molecule has 0 radical (unpaired) electrons. The molecule has 1 aromatic rings. The summed E-state index contributed by atoms with van der Waals surface area (Å²) < 4.78 is 0. The summed E-state index contributed by atoms with van der Waals surface area (Å²) in [6.07, 6.45) is 1.40. The fraction of sp³-hybridized carbons (Fsp3) is 0.645. The third-order valence-electron chi connectivity index (χ3n) is 8.95. The van der Waals surface area contributed by atoms with Crippen LogP contribution in [0.15, 0.2) is 30.3 Å². The van der Waals surface area contributed by atoms with E-state index in [2.05, 4.69) is 16.0 Å². The number of hydrogen-bond acceptors (Lipinski definition) is 7. The molecule has 2 heterocycles. The van der Waals surface area contributed by atoms with E-state index in [4.69, 9.17) is 0 Å². The molecule has 12 nitrogen and oxygen atoms in total. The molecule has 1 aliphatic carbocycles. The second kappa shape index (κ2) is 14.8. The average Bonchev–Trinajstić information content (AvgIpc) is 3.40. The van der Waals surface area contributed by atoms with Crippen molar-refractivity contribution in [1.82, 2.24) is 25.8 Å². The lowest BCUT2D eigenvalue weighted by atomic mass is 9.86. The van der Waals surface area contributed by atoms with Gasteiger partial charge in [0.1, 0.15) is 18.1 Å². The van der Waals surface area contributed by atoms with Gasteiger partial charge in [-0.1, -0.05) is 50.6 Å². The number of hydrogen-bond donors (Lipinski definition) is 5. The van der Waals surface area contributed by atoms with Crippen molar-refractivity contribution < 1.29 is 34.2 Å². The van der Waals surface area contributed by atoms with Gasteiger partial charge in [0.15, 0.2) is 0 Å². The predicted octanol–water partition coefficient (Wildman–Crippen LogP) is -0.284. The molecule has 43 heavy (non-hydrogen) atoms. The lowest BCUT2D eigenvalue weighted by Crippen LogP contribution is -2.58. The molecule has 0 aromatic heterocycles. The maximum absolute atomic E-state index is 13.9. The van der Waals surface area contributed by atoms with E-state index < -0.39 is 54.0 Å². The van der Waals surface area contributed by atoms with Crippen molar-refractivity contribution in [2.45, 2.75) is 89.1 Å². The summed E-state index contributed by atoms with van der Waals surface area (Å²) >= 11 is 0. The highest BCUT2D eigenvalue weighted by Crippen LogP contribution is 2.26. The molecule has 12 heteroatoms. The number of amides is 5. The predicted molar refractivity (Wildman–Crippen MR) is 157 cm³/mol. The standard InChI is InChI=1S/C31H45N5O7/c1-3-19(2)27-31(43)36-17-23(38)16-25(36)29(41)33-24(15-20-7-5-4-6-8-20)28(40)32-13-14-35(18-26(39)34-27)30(42)21-9-11-22(37)12-10-21/h4-8,19,21-25,27,37-38H,3,9-18H2,1-2H3,(H,32,40)(H,33,41)(H,34,39)/t19-,21?,22?,23+,24-,25-,27-/m0/s1. The van der Waals surface area contributed by atoms with E-state index in [0.29, 0.717) is 32.1 Å². The van der Waals surface area contributed by atoms with Crippen LogP contribution >= 0.6 is 0 Å². The summed E-state index contributed by atoms with van der Waals surface area (Å²) in [6.45, 7) is 3.45. The normalized spacial score (nSPS) is 30.3. The van der Waals surface area contributed by atoms with Crippen LogP contribution in [0.25, 0.3) is 0 Å². The summed E-state index contributed by atoms with van der Waals surface area (Å²) in [6, 6.07) is 6.27. The van der Waals surface area contributed by atoms with E-state index >= 15 is 0 Å². The van der Waals surface area contributed by atoms with E-state index in [-0.39, 0.29) is 56.8 Å². The highest BCUT2D eigenvalue weighted by atomic mass is 16.3. The lowest BCUT2D eigenvalue weighted by molar-refractivity contribution is -0.144. The van der Waals surface area contributed by atoms with Crippen LogP contribution in [0.1, 0.15) is 57.9 Å². The first kappa shape index (κ1) is 32.4. The minimum absolute atomic E-state index is 0.0107. The van der Waals surface area contributed by atoms with Gasteiger partial charge in [-0.2, -0.15) is 0 Å². The first-order valence-electron chi connectivity index (χ1n) is 15.4. The summed E-state index contributed by atoms with van der Waals surface area (Å²) in [5.41, 5.74) is 0.822. The van der Waals surface area contributed by atoms with Gasteiger partial charge in [-0.15, -0.1) is 0 Å². The number of carbonyl (C=O) groups excluding carboxylic acids is 5. The third-order valence-corrected chi connectivity index (χ3v) is 8.95. The minimum Gasteiger partial charge on any atom is -0.393 e. The Labute approximate surface area is 252 Å². The van der Waals surface area contributed by atoms with E-state index in [1.165, 1.54) is 9.80 Å². The monoisotopic (exact) mass is 599 g/mol. The Bertz CT molecular complexity index is 1160. The van der Waals surface area contributed by atoms with Gasteiger partial charge in [0.05, 0.1) is 18.8 Å². The molecule has 5 atom stereocenters. The molecule has 236 valence electrons. The zero-order chi connectivity index (χ0) is 31.1. The van der Waals surface area contributed by atoms with E-state index in [0.717, 1.165) is 5.56 Å². The Morgan fingerprint density at radius 1 is 0.977 bits per heavy atom. The number of fused-ring (bicyclic) bond motifs is 1. The molecule has 1 saturated carbocycles. The maximum atomic E-state index is 13.9. The number of carbonyl (C=O) groups is 5. The third kappa shape index (κ3) is 8.32. The number of benzene rings is 1. The van der Waals surface area contributed by atoms with Crippen LogP contribution in [0, 0.1) is 11.8 Å². The SMILES string of the molecule is CC[C@H](C)[C@@H]1NC(=O)CN(C(=O)C2CCC(O)CC2)CCNC(=O)[C@H](Cc2ccccc2)NC(=O)[C@@H]2C[C@@H](O)CN2C1=O. The van der Waals surface area contributed by atoms with Gasteiger partial charge in [-0.05, 0) is 37.2 Å². The van der Waals surface area contributed by atoms with Crippen molar-refractivity contribution in [3.63, 3.8) is 0 Å². The molecular weight excluding hydrogens is 554 g/mol. The Morgan fingerprint density at radius 3 is 2.35 bits per heavy atom. The average molecular weight is 600 g/mol. The molecule has 0 unspecified atom stereocenters. The summed E-state index contributed by atoms with van der Waals surface area (Å²) in [5.74, 6) is -2.89. The fourth-order valence-corrected chi connectivity index (χ4v) is 6.17. The molecule has 5 N–H and O–H groups in total. The van der Waals surface area contributed by atoms with Crippen molar-refractivity contribution in [2.75, 3.05) is 26.2 Å². The molecular formula is C31H45N5O7. The molecule has 0 spiro atoms. The molecule has 2 saturated heterocycles. The number of aliphatic hydroxyl groups is 2. The van der Waals surface area contributed by atoms with Crippen molar-refractivity contribution >= 4 is 29.5 Å². The fourth-order valence-electron chi connectivity index (χ4n) is 6.17. The number of nitrogens with one attached hydrogen (secondary N) is 3. The van der Waals surface area contributed by atoms with Gasteiger partial charge in [0.2, 0.25) is 29.5 Å². The molecule has 4 rings (SSSR count). The molecule has 0 bridgehead atoms. The van der Waals surface area contributed by atoms with Gasteiger partial charge in [0, 0.05) is 38.4 Å². The second-order valence-corrected chi connectivity index (χ2v) is 12.1. The van der Waals surface area contributed by atoms with Gasteiger partial charge in [-0.25, -0.2) is 0 Å². The Balaban J connectivity index is 1.64. The zero-order valence-electron chi connectivity index (χ0n) is 25.0. The number of nitrogens with zero attached hydrogens (tertiary/aromatic N) is 2. The Kier molecular flexibility index (Phi) is 11.1. The highest BCUT2D eigenvalue weighted by Gasteiger charge is 2.43. The van der Waals surface area contributed by atoms with E-state index in [9.17, 15) is 34.2 Å². The van der Waals surface area contributed by atoms with Gasteiger partial charge in [-0.3, -0.25) is 24.0 Å². The number of rotatable bonds is 5. The van der Waals surface area contributed by atoms with Crippen LogP contribution in [0.2, 0.25) is 0 Å². The quantitative estimate of drug-likeness (QED) is 0.310. The van der Waals surface area contributed by atoms with Crippen LogP contribution in [0.4, 0.5) is 0 Å². The summed E-state index contributed by atoms with van der Waals surface area (Å²) in [4.78, 5) is 70.5. The van der Waals surface area contributed by atoms with Crippen molar-refractivity contribution in [3.8, 4) is 0 Å².